The summed E-state index contributed by atoms with van der Waals surface area (Å²) in [5.74, 6) is -1.86. The third kappa shape index (κ3) is 5.29. The molecular formula is C22H28N4O7. The lowest BCUT2D eigenvalue weighted by Crippen LogP contribution is -2.54. The highest BCUT2D eigenvalue weighted by atomic mass is 16.6. The number of carbonyl (C=O) groups is 4. The maximum absolute atomic E-state index is 13.1. The van der Waals surface area contributed by atoms with E-state index < -0.39 is 46.9 Å². The molecule has 1 aliphatic carbocycles. The smallest absolute Gasteiger partial charge is 0.327 e. The second kappa shape index (κ2) is 8.80. The summed E-state index contributed by atoms with van der Waals surface area (Å²) in [6, 6.07) is 4.66. The summed E-state index contributed by atoms with van der Waals surface area (Å²) in [5, 5.41) is 16.1. The molecule has 1 saturated carbocycles. The van der Waals surface area contributed by atoms with Crippen LogP contribution in [0.3, 0.4) is 0 Å². The van der Waals surface area contributed by atoms with Crippen LogP contribution in [0.25, 0.3) is 0 Å². The predicted molar refractivity (Wildman–Crippen MR) is 117 cm³/mol. The Balaban J connectivity index is 1.60. The number of urea groups is 1. The fraction of sp³-hybridized carbons (Fsp3) is 0.545. The lowest BCUT2D eigenvalue weighted by atomic mass is 9.64. The van der Waals surface area contributed by atoms with Gasteiger partial charge in [-0.15, -0.1) is 0 Å². The normalized spacial score (nSPS) is 24.8. The number of hydrogen-bond donors (Lipinski definition) is 2. The number of nitro groups is 1. The van der Waals surface area contributed by atoms with Gasteiger partial charge in [0.05, 0.1) is 4.92 Å². The molecule has 11 heteroatoms. The topological polar surface area (TPSA) is 148 Å². The molecule has 1 aromatic rings. The van der Waals surface area contributed by atoms with Crippen molar-refractivity contribution >= 4 is 35.2 Å². The molecule has 0 bridgehead atoms. The van der Waals surface area contributed by atoms with E-state index in [0.717, 1.165) is 11.3 Å². The van der Waals surface area contributed by atoms with Crippen LogP contribution in [0.2, 0.25) is 0 Å². The van der Waals surface area contributed by atoms with Gasteiger partial charge in [-0.3, -0.25) is 29.4 Å². The summed E-state index contributed by atoms with van der Waals surface area (Å²) in [6.45, 7) is 6.82. The average molecular weight is 460 g/mol. The summed E-state index contributed by atoms with van der Waals surface area (Å²) in [7, 11) is 0. The first-order chi connectivity index (χ1) is 15.3. The summed E-state index contributed by atoms with van der Waals surface area (Å²) >= 11 is 0. The van der Waals surface area contributed by atoms with Crippen LogP contribution >= 0.6 is 0 Å². The number of nitrogens with one attached hydrogen (secondary N) is 2. The standard InChI is InChI=1S/C22H28N4O7/c1-13-9-21(3,4)12-22(10-13)19(29)25(20(30)24-22)11-17(27)33-14(2)18(28)23-15-6-5-7-16(8-15)26(31)32/h5-8,13-14H,9-12H2,1-4H3,(H,23,28)(H,24,30). The molecule has 0 radical (unpaired) electrons. The highest BCUT2D eigenvalue weighted by Crippen LogP contribution is 2.46. The molecule has 33 heavy (non-hydrogen) atoms. The van der Waals surface area contributed by atoms with Crippen molar-refractivity contribution < 1.29 is 28.8 Å². The maximum Gasteiger partial charge on any atom is 0.327 e. The molecule has 1 aromatic carbocycles. The average Bonchev–Trinajstić information content (AvgIpc) is 2.89. The monoisotopic (exact) mass is 460 g/mol. The minimum absolute atomic E-state index is 0.143. The van der Waals surface area contributed by atoms with Crippen LogP contribution in [-0.2, 0) is 19.1 Å². The van der Waals surface area contributed by atoms with E-state index in [9.17, 15) is 29.3 Å². The second-order valence-corrected chi connectivity index (χ2v) is 9.69. The summed E-state index contributed by atoms with van der Waals surface area (Å²) in [4.78, 5) is 61.4. The van der Waals surface area contributed by atoms with Crippen molar-refractivity contribution in [2.75, 3.05) is 11.9 Å². The van der Waals surface area contributed by atoms with Crippen LogP contribution < -0.4 is 10.6 Å². The molecule has 2 fully saturated rings. The Morgan fingerprint density at radius 3 is 2.67 bits per heavy atom. The van der Waals surface area contributed by atoms with Crippen LogP contribution in [0.5, 0.6) is 0 Å². The molecule has 11 nitrogen and oxygen atoms in total. The Morgan fingerprint density at radius 1 is 1.33 bits per heavy atom. The predicted octanol–water partition coefficient (Wildman–Crippen LogP) is 2.60. The third-order valence-electron chi connectivity index (χ3n) is 5.91. The summed E-state index contributed by atoms with van der Waals surface area (Å²) in [5.41, 5.74) is -1.22. The molecule has 3 rings (SSSR count). The highest BCUT2D eigenvalue weighted by Gasteiger charge is 2.56. The molecule has 1 saturated heterocycles. The first-order valence-electron chi connectivity index (χ1n) is 10.7. The van der Waals surface area contributed by atoms with E-state index in [-0.39, 0.29) is 22.7 Å². The van der Waals surface area contributed by atoms with E-state index in [1.165, 1.54) is 31.2 Å². The molecular weight excluding hydrogens is 432 g/mol. The number of esters is 1. The number of nitro benzene ring substituents is 1. The van der Waals surface area contributed by atoms with Crippen molar-refractivity contribution in [1.29, 1.82) is 0 Å². The van der Waals surface area contributed by atoms with Gasteiger partial charge in [-0.1, -0.05) is 26.8 Å². The number of benzene rings is 1. The molecule has 2 aliphatic rings. The number of anilines is 1. The van der Waals surface area contributed by atoms with Crippen LogP contribution in [0.1, 0.15) is 47.0 Å². The van der Waals surface area contributed by atoms with Gasteiger partial charge in [0.15, 0.2) is 6.10 Å². The van der Waals surface area contributed by atoms with Crippen LogP contribution in [0, 0.1) is 21.4 Å². The van der Waals surface area contributed by atoms with E-state index in [0.29, 0.717) is 12.8 Å². The summed E-state index contributed by atoms with van der Waals surface area (Å²) < 4.78 is 5.10. The Kier molecular flexibility index (Phi) is 6.44. The van der Waals surface area contributed by atoms with Crippen molar-refractivity contribution in [1.82, 2.24) is 10.2 Å². The molecule has 1 aliphatic heterocycles. The number of imide groups is 1. The molecule has 3 atom stereocenters. The zero-order valence-corrected chi connectivity index (χ0v) is 19.0. The van der Waals surface area contributed by atoms with Crippen LogP contribution in [0.4, 0.5) is 16.2 Å². The van der Waals surface area contributed by atoms with Crippen LogP contribution in [0.15, 0.2) is 24.3 Å². The van der Waals surface area contributed by atoms with Gasteiger partial charge >= 0.3 is 12.0 Å². The summed E-state index contributed by atoms with van der Waals surface area (Å²) in [6.07, 6.45) is 0.647. The van der Waals surface area contributed by atoms with Crippen molar-refractivity contribution in [3.63, 3.8) is 0 Å². The second-order valence-electron chi connectivity index (χ2n) is 9.69. The lowest BCUT2D eigenvalue weighted by molar-refractivity contribution is -0.384. The number of carbonyl (C=O) groups excluding carboxylic acids is 4. The van der Waals surface area contributed by atoms with Crippen LogP contribution in [-0.4, -0.2) is 51.8 Å². The Bertz CT molecular complexity index is 1010. The van der Waals surface area contributed by atoms with Gasteiger partial charge in [0.1, 0.15) is 12.1 Å². The SMILES string of the molecule is CC1CC(C)(C)CC2(C1)NC(=O)N(CC(=O)OC(C)C(=O)Nc1cccc([N+](=O)[O-])c1)C2=O. The molecule has 2 N–H and O–H groups in total. The maximum atomic E-state index is 13.1. The molecule has 0 aromatic heterocycles. The van der Waals surface area contributed by atoms with Crippen molar-refractivity contribution in [2.45, 2.75) is 58.6 Å². The zero-order valence-electron chi connectivity index (χ0n) is 19.0. The number of ether oxygens (including phenoxy) is 1. The molecule has 4 amide bonds. The largest absolute Gasteiger partial charge is 0.451 e. The van der Waals surface area contributed by atoms with Crippen molar-refractivity contribution in [3.05, 3.63) is 34.4 Å². The van der Waals surface area contributed by atoms with Gasteiger partial charge in [-0.05, 0) is 43.6 Å². The lowest BCUT2D eigenvalue weighted by Gasteiger charge is -2.43. The van der Waals surface area contributed by atoms with Crippen molar-refractivity contribution in [3.8, 4) is 0 Å². The quantitative estimate of drug-likeness (QED) is 0.287. The third-order valence-corrected chi connectivity index (χ3v) is 5.91. The van der Waals surface area contributed by atoms with E-state index in [1.54, 1.807) is 0 Å². The fourth-order valence-corrected chi connectivity index (χ4v) is 5.01. The molecule has 1 heterocycles. The minimum Gasteiger partial charge on any atom is -0.451 e. The van der Waals surface area contributed by atoms with Gasteiger partial charge < -0.3 is 15.4 Å². The number of amides is 4. The first-order valence-corrected chi connectivity index (χ1v) is 10.7. The van der Waals surface area contributed by atoms with E-state index in [4.69, 9.17) is 4.74 Å². The minimum atomic E-state index is -1.25. The fourth-order valence-electron chi connectivity index (χ4n) is 5.01. The first kappa shape index (κ1) is 24.1. The van der Waals surface area contributed by atoms with E-state index in [1.807, 2.05) is 20.8 Å². The number of non-ortho nitro benzene ring substituents is 1. The Morgan fingerprint density at radius 2 is 2.03 bits per heavy atom. The van der Waals surface area contributed by atoms with E-state index >= 15 is 0 Å². The number of nitrogens with zero attached hydrogens (tertiary/aromatic N) is 2. The van der Waals surface area contributed by atoms with Gasteiger partial charge in [-0.2, -0.15) is 0 Å². The van der Waals surface area contributed by atoms with Gasteiger partial charge in [0, 0.05) is 17.8 Å². The molecule has 178 valence electrons. The number of rotatable bonds is 6. The van der Waals surface area contributed by atoms with Crippen molar-refractivity contribution in [2.24, 2.45) is 11.3 Å². The zero-order chi connectivity index (χ0) is 24.6. The number of hydrogen-bond acceptors (Lipinski definition) is 7. The molecule has 3 unspecified atom stereocenters. The highest BCUT2D eigenvalue weighted by molar-refractivity contribution is 6.09. The van der Waals surface area contributed by atoms with Gasteiger partial charge in [0.2, 0.25) is 0 Å². The van der Waals surface area contributed by atoms with E-state index in [2.05, 4.69) is 10.6 Å². The Labute approximate surface area is 191 Å². The Hall–Kier alpha value is -3.50. The van der Waals surface area contributed by atoms with Gasteiger partial charge in [-0.25, -0.2) is 4.79 Å². The molecule has 1 spiro atoms. The van der Waals surface area contributed by atoms with Gasteiger partial charge in [0.25, 0.3) is 17.5 Å².